The third-order valence-corrected chi connectivity index (χ3v) is 3.68. The van der Waals surface area contributed by atoms with Crippen molar-refractivity contribution in [3.8, 4) is 0 Å². The topological polar surface area (TPSA) is 29.5 Å². The zero-order valence-corrected chi connectivity index (χ0v) is 10.5. The van der Waals surface area contributed by atoms with Gasteiger partial charge in [-0.05, 0) is 25.1 Å². The Hall–Kier alpha value is -0.220. The Labute approximate surface area is 96.5 Å². The lowest BCUT2D eigenvalue weighted by Crippen LogP contribution is -2.40. The van der Waals surface area contributed by atoms with Crippen LogP contribution in [0.5, 0.6) is 0 Å². The maximum atomic E-state index is 11.4. The van der Waals surface area contributed by atoms with E-state index in [2.05, 4.69) is 11.8 Å². The van der Waals surface area contributed by atoms with Crippen LogP contribution >= 0.6 is 11.8 Å². The van der Waals surface area contributed by atoms with Gasteiger partial charge in [0.05, 0.1) is 13.0 Å². The van der Waals surface area contributed by atoms with Gasteiger partial charge in [-0.25, -0.2) is 0 Å². The number of likely N-dealkylation sites (tertiary alicyclic amines) is 1. The first-order chi connectivity index (χ1) is 7.27. The molecule has 15 heavy (non-hydrogen) atoms. The van der Waals surface area contributed by atoms with E-state index in [0.29, 0.717) is 0 Å². The van der Waals surface area contributed by atoms with E-state index < -0.39 is 0 Å². The molecule has 4 heteroatoms. The highest BCUT2D eigenvalue weighted by molar-refractivity contribution is 7.99. The number of hydrogen-bond donors (Lipinski definition) is 0. The van der Waals surface area contributed by atoms with Gasteiger partial charge in [-0.3, -0.25) is 4.79 Å². The summed E-state index contributed by atoms with van der Waals surface area (Å²) in [7, 11) is 1.48. The van der Waals surface area contributed by atoms with E-state index >= 15 is 0 Å². The molecule has 1 heterocycles. The molecule has 1 aliphatic rings. The lowest BCUT2D eigenvalue weighted by molar-refractivity contribution is -0.147. The van der Waals surface area contributed by atoms with Crippen molar-refractivity contribution in [3.63, 3.8) is 0 Å². The zero-order chi connectivity index (χ0) is 11.1. The fraction of sp³-hybridized carbons (Fsp3) is 0.909. The van der Waals surface area contributed by atoms with Crippen LogP contribution in [0, 0.1) is 5.92 Å². The molecule has 0 aromatic carbocycles. The Morgan fingerprint density at radius 2 is 2.40 bits per heavy atom. The highest BCUT2D eigenvalue weighted by atomic mass is 32.2. The fourth-order valence-electron chi connectivity index (χ4n) is 1.96. The SMILES string of the molecule is CCSCCN1CCCC(C(=O)OC)C1. The van der Waals surface area contributed by atoms with Crippen LogP contribution in [-0.2, 0) is 9.53 Å². The molecule has 0 aromatic heterocycles. The lowest BCUT2D eigenvalue weighted by Gasteiger charge is -2.31. The van der Waals surface area contributed by atoms with Crippen LogP contribution in [0.4, 0.5) is 0 Å². The van der Waals surface area contributed by atoms with Gasteiger partial charge in [0.1, 0.15) is 0 Å². The predicted molar refractivity (Wildman–Crippen MR) is 64.2 cm³/mol. The minimum Gasteiger partial charge on any atom is -0.469 e. The van der Waals surface area contributed by atoms with E-state index in [9.17, 15) is 4.79 Å². The molecule has 0 radical (unpaired) electrons. The number of nitrogens with zero attached hydrogens (tertiary/aromatic N) is 1. The summed E-state index contributed by atoms with van der Waals surface area (Å²) in [5, 5.41) is 0. The minimum absolute atomic E-state index is 0.0390. The second-order valence-electron chi connectivity index (χ2n) is 3.86. The van der Waals surface area contributed by atoms with Gasteiger partial charge in [-0.2, -0.15) is 11.8 Å². The first-order valence-electron chi connectivity index (χ1n) is 5.65. The summed E-state index contributed by atoms with van der Waals surface area (Å²) in [5.74, 6) is 2.41. The molecule has 0 saturated carbocycles. The third-order valence-electron chi connectivity index (χ3n) is 2.80. The third kappa shape index (κ3) is 4.43. The molecular weight excluding hydrogens is 210 g/mol. The van der Waals surface area contributed by atoms with Crippen LogP contribution in [0.2, 0.25) is 0 Å². The van der Waals surface area contributed by atoms with E-state index in [1.165, 1.54) is 18.6 Å². The molecule has 88 valence electrons. The number of rotatable bonds is 5. The predicted octanol–water partition coefficient (Wildman–Crippen LogP) is 1.62. The highest BCUT2D eigenvalue weighted by Gasteiger charge is 2.25. The number of ether oxygens (including phenoxy) is 1. The largest absolute Gasteiger partial charge is 0.469 e. The summed E-state index contributed by atoms with van der Waals surface area (Å²) in [6, 6.07) is 0. The van der Waals surface area contributed by atoms with Gasteiger partial charge in [-0.1, -0.05) is 6.92 Å². The van der Waals surface area contributed by atoms with Crippen molar-refractivity contribution < 1.29 is 9.53 Å². The zero-order valence-electron chi connectivity index (χ0n) is 9.70. The molecule has 0 aromatic rings. The van der Waals surface area contributed by atoms with Crippen LogP contribution in [0.25, 0.3) is 0 Å². The van der Waals surface area contributed by atoms with E-state index in [1.807, 2.05) is 11.8 Å². The van der Waals surface area contributed by atoms with Crippen LogP contribution in [0.15, 0.2) is 0 Å². The number of piperidine rings is 1. The summed E-state index contributed by atoms with van der Waals surface area (Å²) in [5.41, 5.74) is 0. The summed E-state index contributed by atoms with van der Waals surface area (Å²) in [6.45, 7) is 5.30. The first kappa shape index (κ1) is 12.8. The number of esters is 1. The average molecular weight is 231 g/mol. The molecule has 0 amide bonds. The van der Waals surface area contributed by atoms with Gasteiger partial charge in [0, 0.05) is 18.8 Å². The van der Waals surface area contributed by atoms with Gasteiger partial charge in [0.25, 0.3) is 0 Å². The Morgan fingerprint density at radius 3 is 3.07 bits per heavy atom. The fourth-order valence-corrected chi connectivity index (χ4v) is 2.63. The molecule has 1 aliphatic heterocycles. The Kier molecular flexibility index (Phi) is 6.10. The van der Waals surface area contributed by atoms with Crippen molar-refractivity contribution in [2.75, 3.05) is 38.2 Å². The maximum absolute atomic E-state index is 11.4. The number of methoxy groups -OCH3 is 1. The summed E-state index contributed by atoms with van der Waals surface area (Å²) in [4.78, 5) is 13.8. The van der Waals surface area contributed by atoms with Crippen molar-refractivity contribution in [3.05, 3.63) is 0 Å². The van der Waals surface area contributed by atoms with Crippen LogP contribution in [0.1, 0.15) is 19.8 Å². The minimum atomic E-state index is -0.0390. The monoisotopic (exact) mass is 231 g/mol. The smallest absolute Gasteiger partial charge is 0.309 e. The molecule has 1 unspecified atom stereocenters. The molecule has 0 bridgehead atoms. The van der Waals surface area contributed by atoms with Gasteiger partial charge < -0.3 is 9.64 Å². The van der Waals surface area contributed by atoms with E-state index in [4.69, 9.17) is 4.74 Å². The molecular formula is C11H21NO2S. The van der Waals surface area contributed by atoms with E-state index in [-0.39, 0.29) is 11.9 Å². The Morgan fingerprint density at radius 1 is 1.60 bits per heavy atom. The molecule has 1 atom stereocenters. The van der Waals surface area contributed by atoms with E-state index in [1.54, 1.807) is 0 Å². The summed E-state index contributed by atoms with van der Waals surface area (Å²) < 4.78 is 4.79. The van der Waals surface area contributed by atoms with Crippen molar-refractivity contribution >= 4 is 17.7 Å². The van der Waals surface area contributed by atoms with Crippen LogP contribution in [0.3, 0.4) is 0 Å². The standard InChI is InChI=1S/C11H21NO2S/c1-3-15-8-7-12-6-4-5-10(9-12)11(13)14-2/h10H,3-9H2,1-2H3. The summed E-state index contributed by atoms with van der Waals surface area (Å²) in [6.07, 6.45) is 2.11. The van der Waals surface area contributed by atoms with Crippen molar-refractivity contribution in [1.29, 1.82) is 0 Å². The number of hydrogen-bond acceptors (Lipinski definition) is 4. The van der Waals surface area contributed by atoms with Gasteiger partial charge in [0.15, 0.2) is 0 Å². The van der Waals surface area contributed by atoms with Crippen molar-refractivity contribution in [2.24, 2.45) is 5.92 Å². The second-order valence-corrected chi connectivity index (χ2v) is 5.25. The second kappa shape index (κ2) is 7.12. The lowest BCUT2D eigenvalue weighted by atomic mass is 9.98. The van der Waals surface area contributed by atoms with E-state index in [0.717, 1.165) is 32.5 Å². The molecule has 1 rings (SSSR count). The van der Waals surface area contributed by atoms with Gasteiger partial charge in [-0.15, -0.1) is 0 Å². The normalized spacial score (nSPS) is 22.7. The van der Waals surface area contributed by atoms with Crippen molar-refractivity contribution in [2.45, 2.75) is 19.8 Å². The molecule has 1 fully saturated rings. The number of carbonyl (C=O) groups is 1. The van der Waals surface area contributed by atoms with Gasteiger partial charge >= 0.3 is 5.97 Å². The first-order valence-corrected chi connectivity index (χ1v) is 6.81. The van der Waals surface area contributed by atoms with Crippen LogP contribution in [-0.4, -0.2) is 49.1 Å². The molecule has 0 aliphatic carbocycles. The number of thioether (sulfide) groups is 1. The molecule has 0 N–H and O–H groups in total. The Bertz CT molecular complexity index is 199. The molecule has 3 nitrogen and oxygen atoms in total. The van der Waals surface area contributed by atoms with Crippen molar-refractivity contribution in [1.82, 2.24) is 4.90 Å². The Balaban J connectivity index is 2.26. The maximum Gasteiger partial charge on any atom is 0.309 e. The molecule has 1 saturated heterocycles. The average Bonchev–Trinajstić information content (AvgIpc) is 2.29. The molecule has 0 spiro atoms. The van der Waals surface area contributed by atoms with Crippen LogP contribution < -0.4 is 0 Å². The summed E-state index contributed by atoms with van der Waals surface area (Å²) >= 11 is 1.96. The van der Waals surface area contributed by atoms with Gasteiger partial charge in [0.2, 0.25) is 0 Å². The quantitative estimate of drug-likeness (QED) is 0.531. The highest BCUT2D eigenvalue weighted by Crippen LogP contribution is 2.17. The number of carbonyl (C=O) groups excluding carboxylic acids is 1.